The third kappa shape index (κ3) is 2.22. The summed E-state index contributed by atoms with van der Waals surface area (Å²) in [6, 6.07) is 19.3. The second-order valence-electron chi connectivity index (χ2n) is 6.08. The molecule has 2 aliphatic rings. The Kier molecular flexibility index (Phi) is 3.43. The number of nitrogens with zero attached hydrogens (tertiary/aromatic N) is 1. The molecule has 0 aromatic heterocycles. The van der Waals surface area contributed by atoms with Crippen molar-refractivity contribution in [1.29, 1.82) is 0 Å². The van der Waals surface area contributed by atoms with Gasteiger partial charge in [0.25, 0.3) is 0 Å². The largest absolute Gasteiger partial charge is 0.292 e. The van der Waals surface area contributed by atoms with Gasteiger partial charge >= 0.3 is 0 Å². The predicted octanol–water partition coefficient (Wildman–Crippen LogP) is 3.86. The van der Waals surface area contributed by atoms with Crippen LogP contribution >= 0.6 is 0 Å². The van der Waals surface area contributed by atoms with Gasteiger partial charge in [-0.05, 0) is 25.0 Å². The first-order valence-corrected chi connectivity index (χ1v) is 7.95. The Morgan fingerprint density at radius 3 is 2.36 bits per heavy atom. The van der Waals surface area contributed by atoms with E-state index < -0.39 is 0 Å². The number of benzene rings is 2. The normalized spacial score (nSPS) is 26.9. The van der Waals surface area contributed by atoms with Crippen LogP contribution in [0.25, 0.3) is 0 Å². The van der Waals surface area contributed by atoms with E-state index in [4.69, 9.17) is 4.84 Å². The van der Waals surface area contributed by atoms with Crippen LogP contribution in [0.4, 0.5) is 5.69 Å². The summed E-state index contributed by atoms with van der Waals surface area (Å²) in [5, 5.41) is 1.85. The number of fused-ring (bicyclic) bond motifs is 1. The lowest BCUT2D eigenvalue weighted by Gasteiger charge is -2.26. The van der Waals surface area contributed by atoms with Crippen molar-refractivity contribution < 1.29 is 9.63 Å². The first-order chi connectivity index (χ1) is 10.8. The Bertz CT molecular complexity index is 656. The van der Waals surface area contributed by atoms with Crippen molar-refractivity contribution in [2.45, 2.75) is 31.4 Å². The van der Waals surface area contributed by atoms with E-state index in [1.807, 2.05) is 65.7 Å². The molecule has 0 bridgehead atoms. The van der Waals surface area contributed by atoms with E-state index >= 15 is 0 Å². The number of carbonyl (C=O) groups is 1. The van der Waals surface area contributed by atoms with Crippen LogP contribution in [-0.4, -0.2) is 17.9 Å². The zero-order valence-electron chi connectivity index (χ0n) is 12.4. The Morgan fingerprint density at radius 1 is 0.955 bits per heavy atom. The fraction of sp³-hybridized carbons (Fsp3) is 0.316. The van der Waals surface area contributed by atoms with Gasteiger partial charge in [-0.25, -0.2) is 5.06 Å². The maximum absolute atomic E-state index is 13.1. The van der Waals surface area contributed by atoms with E-state index in [9.17, 15) is 4.79 Å². The molecule has 4 rings (SSSR count). The topological polar surface area (TPSA) is 29.5 Å². The number of hydrogen-bond donors (Lipinski definition) is 0. The molecule has 0 unspecified atom stereocenters. The molecule has 2 aromatic rings. The molecular weight excluding hydrogens is 274 g/mol. The van der Waals surface area contributed by atoms with Crippen LogP contribution in [0.3, 0.4) is 0 Å². The lowest BCUT2D eigenvalue weighted by molar-refractivity contribution is 0.0745. The number of rotatable bonds is 3. The Balaban J connectivity index is 1.71. The molecule has 0 N–H and O–H groups in total. The maximum Gasteiger partial charge on any atom is 0.188 e. The van der Waals surface area contributed by atoms with Crippen LogP contribution in [0, 0.1) is 5.92 Å². The number of Topliss-reactive ketones (excluding diaryl/α,β-unsaturated/α-hetero) is 1. The van der Waals surface area contributed by atoms with E-state index in [1.54, 1.807) is 0 Å². The molecule has 0 amide bonds. The van der Waals surface area contributed by atoms with Crippen molar-refractivity contribution in [3.05, 3.63) is 66.2 Å². The van der Waals surface area contributed by atoms with Crippen molar-refractivity contribution in [3.8, 4) is 0 Å². The van der Waals surface area contributed by atoms with Gasteiger partial charge in [-0.15, -0.1) is 0 Å². The maximum atomic E-state index is 13.1. The Morgan fingerprint density at radius 2 is 1.64 bits per heavy atom. The molecule has 1 saturated carbocycles. The molecule has 2 fully saturated rings. The highest BCUT2D eigenvalue weighted by molar-refractivity contribution is 6.02. The molecular formula is C19H19NO2. The Labute approximate surface area is 130 Å². The number of hydroxylamine groups is 1. The van der Waals surface area contributed by atoms with Crippen molar-refractivity contribution in [3.63, 3.8) is 0 Å². The van der Waals surface area contributed by atoms with Gasteiger partial charge in [-0.1, -0.05) is 55.0 Å². The number of anilines is 1. The van der Waals surface area contributed by atoms with E-state index in [-0.39, 0.29) is 17.9 Å². The highest BCUT2D eigenvalue weighted by atomic mass is 16.7. The lowest BCUT2D eigenvalue weighted by Crippen LogP contribution is -2.39. The molecule has 3 nitrogen and oxygen atoms in total. The summed E-state index contributed by atoms with van der Waals surface area (Å²) >= 11 is 0. The van der Waals surface area contributed by atoms with E-state index in [0.717, 1.165) is 30.5 Å². The summed E-state index contributed by atoms with van der Waals surface area (Å²) in [5.41, 5.74) is 1.73. The zero-order valence-corrected chi connectivity index (χ0v) is 12.4. The van der Waals surface area contributed by atoms with Gasteiger partial charge in [-0.2, -0.15) is 0 Å². The summed E-state index contributed by atoms with van der Waals surface area (Å²) in [6.45, 7) is 0. The molecule has 1 saturated heterocycles. The average molecular weight is 293 g/mol. The first kappa shape index (κ1) is 13.5. The first-order valence-electron chi connectivity index (χ1n) is 7.95. The zero-order chi connectivity index (χ0) is 14.9. The van der Waals surface area contributed by atoms with E-state index in [1.165, 1.54) is 0 Å². The quantitative estimate of drug-likeness (QED) is 0.805. The number of para-hydroxylation sites is 1. The van der Waals surface area contributed by atoms with Crippen LogP contribution in [-0.2, 0) is 4.84 Å². The fourth-order valence-corrected chi connectivity index (χ4v) is 3.70. The van der Waals surface area contributed by atoms with Crippen LogP contribution in [0.5, 0.6) is 0 Å². The SMILES string of the molecule is O=C(c1ccccc1)[C@H]1[C@@H]2CCC[C@@H]2ON1c1ccccc1. The minimum Gasteiger partial charge on any atom is -0.292 e. The van der Waals surface area contributed by atoms with Gasteiger partial charge in [0.05, 0.1) is 11.8 Å². The van der Waals surface area contributed by atoms with Gasteiger partial charge in [0, 0.05) is 11.5 Å². The van der Waals surface area contributed by atoms with Crippen molar-refractivity contribution in [1.82, 2.24) is 0 Å². The molecule has 2 aromatic carbocycles. The minimum absolute atomic E-state index is 0.166. The van der Waals surface area contributed by atoms with Gasteiger partial charge in [-0.3, -0.25) is 9.63 Å². The molecule has 3 atom stereocenters. The standard InChI is InChI=1S/C19H19NO2/c21-19(14-8-3-1-4-9-14)18-16-12-7-13-17(16)22-20(18)15-10-5-2-6-11-15/h1-6,8-11,16-18H,7,12-13H2/t16-,17+,18-/m1/s1. The highest BCUT2D eigenvalue weighted by Crippen LogP contribution is 2.42. The fourth-order valence-electron chi connectivity index (χ4n) is 3.70. The molecule has 1 aliphatic heterocycles. The molecule has 0 radical (unpaired) electrons. The average Bonchev–Trinajstić information content (AvgIpc) is 3.16. The molecule has 112 valence electrons. The monoisotopic (exact) mass is 293 g/mol. The van der Waals surface area contributed by atoms with Gasteiger partial charge in [0.2, 0.25) is 0 Å². The summed E-state index contributed by atoms with van der Waals surface area (Å²) < 4.78 is 0. The second kappa shape index (κ2) is 5.58. The second-order valence-corrected chi connectivity index (χ2v) is 6.08. The van der Waals surface area contributed by atoms with Crippen molar-refractivity contribution in [2.24, 2.45) is 5.92 Å². The smallest absolute Gasteiger partial charge is 0.188 e. The molecule has 3 heteroatoms. The third-order valence-electron chi connectivity index (χ3n) is 4.75. The predicted molar refractivity (Wildman–Crippen MR) is 85.7 cm³/mol. The molecule has 22 heavy (non-hydrogen) atoms. The van der Waals surface area contributed by atoms with Gasteiger partial charge in [0.15, 0.2) is 5.78 Å². The van der Waals surface area contributed by atoms with E-state index in [2.05, 4.69) is 0 Å². The number of ketones is 1. The summed E-state index contributed by atoms with van der Waals surface area (Å²) in [4.78, 5) is 19.2. The van der Waals surface area contributed by atoms with Crippen LogP contribution in [0.2, 0.25) is 0 Å². The summed E-state index contributed by atoms with van der Waals surface area (Å²) in [6.07, 6.45) is 3.44. The van der Waals surface area contributed by atoms with Crippen LogP contribution in [0.1, 0.15) is 29.6 Å². The van der Waals surface area contributed by atoms with Crippen LogP contribution in [0.15, 0.2) is 60.7 Å². The molecule has 1 heterocycles. The number of hydrogen-bond acceptors (Lipinski definition) is 3. The summed E-state index contributed by atoms with van der Waals surface area (Å²) in [5.74, 6) is 0.465. The third-order valence-corrected chi connectivity index (χ3v) is 4.75. The number of carbonyl (C=O) groups excluding carboxylic acids is 1. The van der Waals surface area contributed by atoms with Crippen LogP contribution < -0.4 is 5.06 Å². The van der Waals surface area contributed by atoms with Gasteiger partial charge in [0.1, 0.15) is 6.04 Å². The van der Waals surface area contributed by atoms with Crippen molar-refractivity contribution >= 4 is 11.5 Å². The summed E-state index contributed by atoms with van der Waals surface area (Å²) in [7, 11) is 0. The van der Waals surface area contributed by atoms with Gasteiger partial charge < -0.3 is 0 Å². The molecule has 0 spiro atoms. The highest BCUT2D eigenvalue weighted by Gasteiger charge is 2.49. The minimum atomic E-state index is -0.211. The lowest BCUT2D eigenvalue weighted by atomic mass is 9.90. The van der Waals surface area contributed by atoms with E-state index in [0.29, 0.717) is 5.92 Å². The Hall–Kier alpha value is -2.13. The van der Waals surface area contributed by atoms with Crippen molar-refractivity contribution in [2.75, 3.05) is 5.06 Å². The molecule has 1 aliphatic carbocycles.